The first-order chi connectivity index (χ1) is 10.0. The molecule has 21 heavy (non-hydrogen) atoms. The first-order valence-electron chi connectivity index (χ1n) is 7.07. The van der Waals surface area contributed by atoms with E-state index in [1.807, 2.05) is 18.4 Å². The van der Waals surface area contributed by atoms with Crippen LogP contribution < -0.4 is 10.1 Å². The lowest BCUT2D eigenvalue weighted by Crippen LogP contribution is -2.18. The van der Waals surface area contributed by atoms with Gasteiger partial charge in [0.1, 0.15) is 17.4 Å². The summed E-state index contributed by atoms with van der Waals surface area (Å²) >= 11 is 5.21. The van der Waals surface area contributed by atoms with E-state index in [0.29, 0.717) is 12.5 Å². The Morgan fingerprint density at radius 2 is 2.19 bits per heavy atom. The molecule has 0 fully saturated rings. The Morgan fingerprint density at radius 3 is 2.81 bits per heavy atom. The molecule has 0 saturated carbocycles. The summed E-state index contributed by atoms with van der Waals surface area (Å²) in [5.41, 5.74) is 2.30. The molecule has 0 bridgehead atoms. The molecular weight excluding hydrogens is 348 g/mol. The van der Waals surface area contributed by atoms with E-state index in [2.05, 4.69) is 52.2 Å². The van der Waals surface area contributed by atoms with Crippen molar-refractivity contribution in [1.29, 1.82) is 0 Å². The van der Waals surface area contributed by atoms with Gasteiger partial charge in [-0.15, -0.1) is 11.3 Å². The van der Waals surface area contributed by atoms with Crippen molar-refractivity contribution in [2.24, 2.45) is 5.92 Å². The Kier molecular flexibility index (Phi) is 6.21. The number of aromatic nitrogens is 1. The van der Waals surface area contributed by atoms with Crippen molar-refractivity contribution in [1.82, 2.24) is 10.3 Å². The summed E-state index contributed by atoms with van der Waals surface area (Å²) < 4.78 is 6.80. The molecule has 1 N–H and O–H groups in total. The average Bonchev–Trinajstić information content (AvgIpc) is 2.83. The van der Waals surface area contributed by atoms with Gasteiger partial charge in [0.15, 0.2) is 0 Å². The summed E-state index contributed by atoms with van der Waals surface area (Å²) in [5.74, 6) is 1.52. The van der Waals surface area contributed by atoms with Crippen molar-refractivity contribution in [3.8, 4) is 5.75 Å². The van der Waals surface area contributed by atoms with Gasteiger partial charge < -0.3 is 10.1 Å². The molecule has 0 unspecified atom stereocenters. The van der Waals surface area contributed by atoms with Crippen LogP contribution in [0.15, 0.2) is 28.1 Å². The van der Waals surface area contributed by atoms with Gasteiger partial charge in [0.25, 0.3) is 0 Å². The molecule has 2 aromatic rings. The predicted molar refractivity (Wildman–Crippen MR) is 91.9 cm³/mol. The largest absolute Gasteiger partial charge is 0.485 e. The van der Waals surface area contributed by atoms with Crippen LogP contribution in [0.5, 0.6) is 5.75 Å². The number of aryl methyl sites for hydroxylation is 1. The number of benzene rings is 1. The van der Waals surface area contributed by atoms with E-state index in [1.165, 1.54) is 5.56 Å². The van der Waals surface area contributed by atoms with Gasteiger partial charge >= 0.3 is 0 Å². The SMILES string of the molecule is Cc1csc(COc2ccc(CNCC(C)C)cc2Br)n1. The van der Waals surface area contributed by atoms with E-state index < -0.39 is 0 Å². The topological polar surface area (TPSA) is 34.1 Å². The maximum Gasteiger partial charge on any atom is 0.140 e. The van der Waals surface area contributed by atoms with E-state index in [-0.39, 0.29) is 0 Å². The molecule has 114 valence electrons. The molecular formula is C16H21BrN2OS. The van der Waals surface area contributed by atoms with Gasteiger partial charge in [0, 0.05) is 17.6 Å². The zero-order chi connectivity index (χ0) is 15.2. The minimum Gasteiger partial charge on any atom is -0.485 e. The van der Waals surface area contributed by atoms with Crippen molar-refractivity contribution in [2.75, 3.05) is 6.54 Å². The summed E-state index contributed by atoms with van der Waals surface area (Å²) in [5, 5.41) is 6.48. The van der Waals surface area contributed by atoms with E-state index in [1.54, 1.807) is 11.3 Å². The van der Waals surface area contributed by atoms with Crippen LogP contribution in [-0.2, 0) is 13.2 Å². The smallest absolute Gasteiger partial charge is 0.140 e. The minimum atomic E-state index is 0.516. The summed E-state index contributed by atoms with van der Waals surface area (Å²) in [6.07, 6.45) is 0. The molecule has 1 aromatic heterocycles. The van der Waals surface area contributed by atoms with Gasteiger partial charge in [-0.25, -0.2) is 4.98 Å². The number of ether oxygens (including phenoxy) is 1. The maximum atomic E-state index is 5.81. The summed E-state index contributed by atoms with van der Waals surface area (Å²) in [4.78, 5) is 4.40. The second-order valence-electron chi connectivity index (χ2n) is 5.46. The van der Waals surface area contributed by atoms with Crippen LogP contribution in [0.4, 0.5) is 0 Å². The molecule has 0 saturated heterocycles. The first-order valence-corrected chi connectivity index (χ1v) is 8.75. The number of hydrogen-bond donors (Lipinski definition) is 1. The lowest BCUT2D eigenvalue weighted by molar-refractivity contribution is 0.303. The molecule has 0 spiro atoms. The fourth-order valence-corrected chi connectivity index (χ4v) is 3.11. The predicted octanol–water partition coefficient (Wildman–Crippen LogP) is 4.54. The van der Waals surface area contributed by atoms with E-state index >= 15 is 0 Å². The molecule has 1 aromatic carbocycles. The van der Waals surface area contributed by atoms with Crippen LogP contribution in [-0.4, -0.2) is 11.5 Å². The number of halogens is 1. The first kappa shape index (κ1) is 16.5. The lowest BCUT2D eigenvalue weighted by atomic mass is 10.2. The summed E-state index contributed by atoms with van der Waals surface area (Å²) in [7, 11) is 0. The fourth-order valence-electron chi connectivity index (χ4n) is 1.89. The average molecular weight is 369 g/mol. The zero-order valence-electron chi connectivity index (χ0n) is 12.6. The third-order valence-corrected chi connectivity index (χ3v) is 4.46. The highest BCUT2D eigenvalue weighted by Crippen LogP contribution is 2.27. The highest BCUT2D eigenvalue weighted by atomic mass is 79.9. The number of nitrogens with one attached hydrogen (secondary N) is 1. The highest BCUT2D eigenvalue weighted by molar-refractivity contribution is 9.10. The Hall–Kier alpha value is -0.910. The molecule has 1 heterocycles. The van der Waals surface area contributed by atoms with Gasteiger partial charge in [-0.1, -0.05) is 19.9 Å². The number of thiazole rings is 1. The lowest BCUT2D eigenvalue weighted by Gasteiger charge is -2.10. The standard InChI is InChI=1S/C16H21BrN2OS/c1-11(2)7-18-8-13-4-5-15(14(17)6-13)20-9-16-19-12(3)10-21-16/h4-6,10-11,18H,7-9H2,1-3H3. The zero-order valence-corrected chi connectivity index (χ0v) is 15.1. The van der Waals surface area contributed by atoms with Gasteiger partial charge in [0.2, 0.25) is 0 Å². The molecule has 0 aliphatic heterocycles. The van der Waals surface area contributed by atoms with Crippen molar-refractivity contribution in [2.45, 2.75) is 33.9 Å². The number of nitrogens with zero attached hydrogens (tertiary/aromatic N) is 1. The van der Waals surface area contributed by atoms with E-state index in [9.17, 15) is 0 Å². The van der Waals surface area contributed by atoms with Crippen molar-refractivity contribution < 1.29 is 4.74 Å². The Morgan fingerprint density at radius 1 is 1.38 bits per heavy atom. The van der Waals surface area contributed by atoms with Gasteiger partial charge in [-0.2, -0.15) is 0 Å². The van der Waals surface area contributed by atoms with Crippen LogP contribution in [0.2, 0.25) is 0 Å². The minimum absolute atomic E-state index is 0.516. The molecule has 0 radical (unpaired) electrons. The quantitative estimate of drug-likeness (QED) is 0.778. The number of hydrogen-bond acceptors (Lipinski definition) is 4. The molecule has 0 aliphatic rings. The summed E-state index contributed by atoms with van der Waals surface area (Å²) in [6.45, 7) is 8.83. The van der Waals surface area contributed by atoms with Crippen LogP contribution in [0, 0.1) is 12.8 Å². The van der Waals surface area contributed by atoms with Crippen LogP contribution >= 0.6 is 27.3 Å². The third kappa shape index (κ3) is 5.41. The van der Waals surface area contributed by atoms with E-state index in [4.69, 9.17) is 4.74 Å². The fraction of sp³-hybridized carbons (Fsp3) is 0.438. The molecule has 0 aliphatic carbocycles. The van der Waals surface area contributed by atoms with Crippen molar-refractivity contribution in [3.05, 3.63) is 44.3 Å². The molecule has 0 amide bonds. The summed E-state index contributed by atoms with van der Waals surface area (Å²) in [6, 6.07) is 6.22. The Labute approximate surface area is 138 Å². The van der Waals surface area contributed by atoms with Gasteiger partial charge in [0.05, 0.1) is 4.47 Å². The molecule has 3 nitrogen and oxygen atoms in total. The van der Waals surface area contributed by atoms with E-state index in [0.717, 1.165) is 34.0 Å². The van der Waals surface area contributed by atoms with Crippen molar-refractivity contribution in [3.63, 3.8) is 0 Å². The van der Waals surface area contributed by atoms with Crippen LogP contribution in [0.3, 0.4) is 0 Å². The molecule has 5 heteroatoms. The number of rotatable bonds is 7. The Bertz CT molecular complexity index is 583. The highest BCUT2D eigenvalue weighted by Gasteiger charge is 2.05. The van der Waals surface area contributed by atoms with Gasteiger partial charge in [-0.05, 0) is 53.0 Å². The van der Waals surface area contributed by atoms with Crippen LogP contribution in [0.25, 0.3) is 0 Å². The normalized spacial score (nSPS) is 11.1. The molecule has 2 rings (SSSR count). The third-order valence-electron chi connectivity index (χ3n) is 2.90. The monoisotopic (exact) mass is 368 g/mol. The molecule has 0 atom stereocenters. The second-order valence-corrected chi connectivity index (χ2v) is 7.26. The Balaban J connectivity index is 1.89. The maximum absolute atomic E-state index is 5.81. The van der Waals surface area contributed by atoms with Crippen LogP contribution in [0.1, 0.15) is 30.1 Å². The van der Waals surface area contributed by atoms with Crippen molar-refractivity contribution >= 4 is 27.3 Å². The van der Waals surface area contributed by atoms with Gasteiger partial charge in [-0.3, -0.25) is 0 Å². The second kappa shape index (κ2) is 7.92.